The summed E-state index contributed by atoms with van der Waals surface area (Å²) in [7, 11) is 1.68. The van der Waals surface area contributed by atoms with Crippen molar-refractivity contribution in [1.82, 2.24) is 19.3 Å². The number of nitrogens with one attached hydrogen (secondary N) is 1. The van der Waals surface area contributed by atoms with Gasteiger partial charge in [0, 0.05) is 19.7 Å². The number of benzene rings is 1. The number of nitrogens with zero attached hydrogens (tertiary/aromatic N) is 4. The fourth-order valence-corrected chi connectivity index (χ4v) is 3.87. The maximum atomic E-state index is 12.8. The third-order valence-electron chi connectivity index (χ3n) is 4.72. The molecular formula is C20H27N5O2S. The molecule has 3 rings (SSSR count). The van der Waals surface area contributed by atoms with Gasteiger partial charge in [0.15, 0.2) is 5.16 Å². The lowest BCUT2D eigenvalue weighted by Crippen LogP contribution is -2.25. The molecule has 0 fully saturated rings. The predicted molar refractivity (Wildman–Crippen MR) is 113 cm³/mol. The zero-order valence-corrected chi connectivity index (χ0v) is 17.6. The molecule has 0 bridgehead atoms. The van der Waals surface area contributed by atoms with Crippen molar-refractivity contribution in [3.63, 3.8) is 0 Å². The van der Waals surface area contributed by atoms with Crippen LogP contribution in [0.2, 0.25) is 0 Å². The molecule has 0 saturated carbocycles. The summed E-state index contributed by atoms with van der Waals surface area (Å²) in [6.45, 7) is 7.35. The second-order valence-electron chi connectivity index (χ2n) is 6.70. The fourth-order valence-electron chi connectivity index (χ4n) is 2.92. The molecule has 3 aromatic rings. The van der Waals surface area contributed by atoms with E-state index in [4.69, 9.17) is 9.72 Å². The number of anilines is 1. The summed E-state index contributed by atoms with van der Waals surface area (Å²) in [5.74, 6) is 0.653. The maximum absolute atomic E-state index is 12.8. The van der Waals surface area contributed by atoms with Gasteiger partial charge in [0.05, 0.1) is 35.1 Å². The first-order chi connectivity index (χ1) is 13.5. The number of fused-ring (bicyclic) bond motifs is 1. The Morgan fingerprint density at radius 3 is 2.82 bits per heavy atom. The second kappa shape index (κ2) is 9.25. The molecule has 8 heteroatoms. The topological polar surface area (TPSA) is 74.0 Å². The number of hydrogen-bond acceptors (Lipinski definition) is 5. The van der Waals surface area contributed by atoms with E-state index >= 15 is 0 Å². The van der Waals surface area contributed by atoms with Crippen LogP contribution < -0.4 is 5.32 Å². The van der Waals surface area contributed by atoms with Crippen molar-refractivity contribution in [3.8, 4) is 0 Å². The molecule has 28 heavy (non-hydrogen) atoms. The van der Waals surface area contributed by atoms with Crippen LogP contribution in [0, 0.1) is 0 Å². The number of carbonyl (C=O) groups excluding carboxylic acids is 1. The third kappa shape index (κ3) is 4.39. The van der Waals surface area contributed by atoms with Gasteiger partial charge in [-0.1, -0.05) is 30.8 Å². The Balaban J connectivity index is 1.76. The lowest BCUT2D eigenvalue weighted by atomic mass is 10.3. The van der Waals surface area contributed by atoms with Crippen molar-refractivity contribution >= 4 is 34.5 Å². The van der Waals surface area contributed by atoms with Crippen molar-refractivity contribution in [2.24, 2.45) is 0 Å². The molecule has 1 N–H and O–H groups in total. The van der Waals surface area contributed by atoms with E-state index in [-0.39, 0.29) is 17.2 Å². The van der Waals surface area contributed by atoms with Gasteiger partial charge >= 0.3 is 0 Å². The van der Waals surface area contributed by atoms with Gasteiger partial charge in [-0.2, -0.15) is 5.10 Å². The van der Waals surface area contributed by atoms with Crippen molar-refractivity contribution in [1.29, 1.82) is 0 Å². The first-order valence-corrected chi connectivity index (χ1v) is 10.4. The zero-order valence-electron chi connectivity index (χ0n) is 16.8. The minimum atomic E-state index is -0.307. The van der Waals surface area contributed by atoms with Crippen molar-refractivity contribution < 1.29 is 9.53 Å². The summed E-state index contributed by atoms with van der Waals surface area (Å²) in [5, 5.41) is 7.83. The Hall–Kier alpha value is -2.32. The molecule has 0 radical (unpaired) electrons. The van der Waals surface area contributed by atoms with Crippen molar-refractivity contribution in [2.75, 3.05) is 19.0 Å². The number of ether oxygens (including phenoxy) is 1. The number of hydrogen-bond donors (Lipinski definition) is 1. The van der Waals surface area contributed by atoms with Gasteiger partial charge in [-0.05, 0) is 32.4 Å². The smallest absolute Gasteiger partial charge is 0.238 e. The molecule has 1 aromatic carbocycles. The molecule has 7 nitrogen and oxygen atoms in total. The molecule has 0 saturated heterocycles. The SMILES string of the molecule is CC[C@@H](C)n1nccc1NC(=O)[C@H](C)Sc1nc2ccccc2n1CCOC. The Bertz CT molecular complexity index is 936. The highest BCUT2D eigenvalue weighted by molar-refractivity contribution is 8.00. The van der Waals surface area contributed by atoms with Gasteiger partial charge in [-0.15, -0.1) is 0 Å². The highest BCUT2D eigenvalue weighted by Gasteiger charge is 2.21. The summed E-state index contributed by atoms with van der Waals surface area (Å²) in [5.41, 5.74) is 1.97. The second-order valence-corrected chi connectivity index (χ2v) is 8.00. The van der Waals surface area contributed by atoms with E-state index in [1.165, 1.54) is 11.8 Å². The van der Waals surface area contributed by atoms with Crippen LogP contribution >= 0.6 is 11.8 Å². The fraction of sp³-hybridized carbons (Fsp3) is 0.450. The quantitative estimate of drug-likeness (QED) is 0.549. The Labute approximate surface area is 169 Å². The number of imidazole rings is 1. The van der Waals surface area contributed by atoms with Crippen LogP contribution in [-0.4, -0.2) is 44.2 Å². The molecule has 2 atom stereocenters. The van der Waals surface area contributed by atoms with Crippen LogP contribution in [0.25, 0.3) is 11.0 Å². The number of thioether (sulfide) groups is 1. The maximum Gasteiger partial charge on any atom is 0.238 e. The van der Waals surface area contributed by atoms with Crippen molar-refractivity contribution in [3.05, 3.63) is 36.5 Å². The first kappa shape index (κ1) is 20.4. The molecule has 0 aliphatic rings. The van der Waals surface area contributed by atoms with Gasteiger partial charge in [0.1, 0.15) is 5.82 Å². The van der Waals surface area contributed by atoms with Crippen LogP contribution in [0.15, 0.2) is 41.7 Å². The highest BCUT2D eigenvalue weighted by atomic mass is 32.2. The van der Waals surface area contributed by atoms with Crippen molar-refractivity contribution in [2.45, 2.75) is 50.2 Å². The molecule has 0 aliphatic heterocycles. The third-order valence-corrected chi connectivity index (χ3v) is 5.81. The van der Waals surface area contributed by atoms with E-state index in [0.717, 1.165) is 28.4 Å². The van der Waals surface area contributed by atoms with Gasteiger partial charge < -0.3 is 14.6 Å². The van der Waals surface area contributed by atoms with Gasteiger partial charge in [0.2, 0.25) is 5.91 Å². The van der Waals surface area contributed by atoms with E-state index in [9.17, 15) is 4.79 Å². The molecule has 2 aromatic heterocycles. The molecule has 1 amide bonds. The summed E-state index contributed by atoms with van der Waals surface area (Å²) < 4.78 is 9.20. The standard InChI is InChI=1S/C20H27N5O2S/c1-5-14(2)25-18(10-11-21-25)23-19(26)15(3)28-20-22-16-8-6-7-9-17(16)24(20)12-13-27-4/h6-11,14-15H,5,12-13H2,1-4H3,(H,23,26)/t14-,15+/m1/s1. The average Bonchev–Trinajstić information content (AvgIpc) is 3.29. The van der Waals surface area contributed by atoms with Gasteiger partial charge in [-0.3, -0.25) is 4.79 Å². The summed E-state index contributed by atoms with van der Waals surface area (Å²) >= 11 is 1.45. The van der Waals surface area contributed by atoms with Crippen LogP contribution in [-0.2, 0) is 16.1 Å². The molecule has 0 aliphatic carbocycles. The summed E-state index contributed by atoms with van der Waals surface area (Å²) in [6.07, 6.45) is 2.65. The predicted octanol–water partition coefficient (Wildman–Crippen LogP) is 3.97. The normalized spacial score (nSPS) is 13.6. The zero-order chi connectivity index (χ0) is 20.1. The number of rotatable bonds is 9. The van der Waals surface area contributed by atoms with Crippen LogP contribution in [0.4, 0.5) is 5.82 Å². The number of para-hydroxylation sites is 2. The van der Waals surface area contributed by atoms with Crippen LogP contribution in [0.5, 0.6) is 0 Å². The molecular weight excluding hydrogens is 374 g/mol. The number of methoxy groups -OCH3 is 1. The molecule has 0 spiro atoms. The molecule has 0 unspecified atom stereocenters. The largest absolute Gasteiger partial charge is 0.383 e. The Kier molecular flexibility index (Phi) is 6.74. The number of carbonyl (C=O) groups is 1. The Morgan fingerprint density at radius 2 is 2.07 bits per heavy atom. The molecule has 2 heterocycles. The van der Waals surface area contributed by atoms with E-state index in [2.05, 4.69) is 28.8 Å². The Morgan fingerprint density at radius 1 is 1.29 bits per heavy atom. The lowest BCUT2D eigenvalue weighted by molar-refractivity contribution is -0.115. The average molecular weight is 402 g/mol. The van der Waals surface area contributed by atoms with Crippen LogP contribution in [0.1, 0.15) is 33.2 Å². The monoisotopic (exact) mass is 401 g/mol. The summed E-state index contributed by atoms with van der Waals surface area (Å²) in [6, 6.07) is 10.0. The lowest BCUT2D eigenvalue weighted by Gasteiger charge is -2.16. The van der Waals surface area contributed by atoms with Gasteiger partial charge in [0.25, 0.3) is 0 Å². The number of aromatic nitrogens is 4. The molecule has 150 valence electrons. The number of amides is 1. The minimum absolute atomic E-state index is 0.0691. The van der Waals surface area contributed by atoms with E-state index < -0.39 is 0 Å². The van der Waals surface area contributed by atoms with Gasteiger partial charge in [-0.25, -0.2) is 9.67 Å². The summed E-state index contributed by atoms with van der Waals surface area (Å²) in [4.78, 5) is 17.5. The van der Waals surface area contributed by atoms with E-state index in [1.807, 2.05) is 41.9 Å². The van der Waals surface area contributed by atoms with Crippen LogP contribution in [0.3, 0.4) is 0 Å². The first-order valence-electron chi connectivity index (χ1n) is 9.50. The highest BCUT2D eigenvalue weighted by Crippen LogP contribution is 2.28. The van der Waals surface area contributed by atoms with E-state index in [0.29, 0.717) is 13.2 Å². The minimum Gasteiger partial charge on any atom is -0.383 e. The van der Waals surface area contributed by atoms with E-state index in [1.54, 1.807) is 13.3 Å².